The predicted molar refractivity (Wildman–Crippen MR) is 75.0 cm³/mol. The highest BCUT2D eigenvalue weighted by atomic mass is 16.3. The van der Waals surface area contributed by atoms with E-state index in [4.69, 9.17) is 5.11 Å². The summed E-state index contributed by atoms with van der Waals surface area (Å²) in [6.45, 7) is 1.84. The fraction of sp³-hybridized carbons (Fsp3) is 0.600. The van der Waals surface area contributed by atoms with Crippen LogP contribution in [-0.2, 0) is 6.61 Å². The molecule has 2 rings (SSSR count). The van der Waals surface area contributed by atoms with Crippen molar-refractivity contribution in [1.82, 2.24) is 4.90 Å². The maximum absolute atomic E-state index is 10.1. The standard InChI is InChI=1S/C15H23NO4/c17-10-11-1-3-12(4-2-11)15(20)7-14(19)9-16-6-5-13(18)8-16/h1-4,13-15,17-20H,5-10H2/t13-,14+,15-/m0/s1. The second kappa shape index (κ2) is 7.15. The molecule has 0 spiro atoms. The summed E-state index contributed by atoms with van der Waals surface area (Å²) in [7, 11) is 0. The van der Waals surface area contributed by atoms with E-state index in [1.54, 1.807) is 24.3 Å². The van der Waals surface area contributed by atoms with Gasteiger partial charge in [-0.2, -0.15) is 0 Å². The summed E-state index contributed by atoms with van der Waals surface area (Å²) in [5.41, 5.74) is 1.54. The summed E-state index contributed by atoms with van der Waals surface area (Å²) in [6, 6.07) is 7.06. The van der Waals surface area contributed by atoms with E-state index in [2.05, 4.69) is 0 Å². The topological polar surface area (TPSA) is 84.2 Å². The van der Waals surface area contributed by atoms with E-state index in [0.717, 1.165) is 24.1 Å². The molecule has 1 heterocycles. The van der Waals surface area contributed by atoms with E-state index in [9.17, 15) is 15.3 Å². The van der Waals surface area contributed by atoms with E-state index < -0.39 is 12.2 Å². The number of hydrogen-bond acceptors (Lipinski definition) is 5. The van der Waals surface area contributed by atoms with Crippen molar-refractivity contribution in [1.29, 1.82) is 0 Å². The molecule has 112 valence electrons. The Bertz CT molecular complexity index is 409. The summed E-state index contributed by atoms with van der Waals surface area (Å²) in [4.78, 5) is 2.01. The number of aliphatic hydroxyl groups is 4. The lowest BCUT2D eigenvalue weighted by molar-refractivity contribution is 0.0558. The highest BCUT2D eigenvalue weighted by Crippen LogP contribution is 2.20. The van der Waals surface area contributed by atoms with Crippen molar-refractivity contribution >= 4 is 0 Å². The largest absolute Gasteiger partial charge is 0.392 e. The summed E-state index contributed by atoms with van der Waals surface area (Å²) in [6.07, 6.45) is -0.612. The van der Waals surface area contributed by atoms with Gasteiger partial charge in [0.05, 0.1) is 24.9 Å². The third-order valence-electron chi connectivity index (χ3n) is 3.76. The Labute approximate surface area is 119 Å². The Morgan fingerprint density at radius 2 is 1.90 bits per heavy atom. The molecule has 0 aromatic heterocycles. The molecule has 1 aromatic rings. The fourth-order valence-electron chi connectivity index (χ4n) is 2.59. The lowest BCUT2D eigenvalue weighted by atomic mass is 10.0. The first-order valence-electron chi connectivity index (χ1n) is 7.04. The van der Waals surface area contributed by atoms with Gasteiger partial charge in [0.2, 0.25) is 0 Å². The maximum atomic E-state index is 10.1. The third kappa shape index (κ3) is 4.26. The Kier molecular flexibility index (Phi) is 5.51. The molecule has 4 N–H and O–H groups in total. The molecule has 3 atom stereocenters. The highest BCUT2D eigenvalue weighted by molar-refractivity contribution is 5.23. The molecule has 0 amide bonds. The lowest BCUT2D eigenvalue weighted by Crippen LogP contribution is -2.32. The number of benzene rings is 1. The van der Waals surface area contributed by atoms with E-state index >= 15 is 0 Å². The number of rotatable bonds is 6. The zero-order valence-corrected chi connectivity index (χ0v) is 11.5. The van der Waals surface area contributed by atoms with Crippen molar-refractivity contribution in [2.45, 2.75) is 37.8 Å². The highest BCUT2D eigenvalue weighted by Gasteiger charge is 2.23. The molecule has 1 aliphatic rings. The van der Waals surface area contributed by atoms with Crippen LogP contribution >= 0.6 is 0 Å². The SMILES string of the molecule is OCc1ccc([C@@H](O)C[C@@H](O)CN2CC[C@H](O)C2)cc1. The van der Waals surface area contributed by atoms with Gasteiger partial charge in [-0.05, 0) is 17.5 Å². The number of likely N-dealkylation sites (tertiary alicyclic amines) is 1. The summed E-state index contributed by atoms with van der Waals surface area (Å²) >= 11 is 0. The van der Waals surface area contributed by atoms with Crippen LogP contribution in [0.5, 0.6) is 0 Å². The van der Waals surface area contributed by atoms with Crippen LogP contribution in [-0.4, -0.2) is 57.2 Å². The molecular formula is C15H23NO4. The first-order valence-corrected chi connectivity index (χ1v) is 7.04. The zero-order valence-electron chi connectivity index (χ0n) is 11.5. The maximum Gasteiger partial charge on any atom is 0.0815 e. The minimum Gasteiger partial charge on any atom is -0.392 e. The van der Waals surface area contributed by atoms with Crippen LogP contribution in [0.2, 0.25) is 0 Å². The Morgan fingerprint density at radius 1 is 1.20 bits per heavy atom. The molecular weight excluding hydrogens is 258 g/mol. The van der Waals surface area contributed by atoms with Crippen LogP contribution in [0.15, 0.2) is 24.3 Å². The molecule has 0 aliphatic carbocycles. The third-order valence-corrected chi connectivity index (χ3v) is 3.76. The van der Waals surface area contributed by atoms with Crippen LogP contribution in [0, 0.1) is 0 Å². The molecule has 20 heavy (non-hydrogen) atoms. The number of nitrogens with zero attached hydrogens (tertiary/aromatic N) is 1. The summed E-state index contributed by atoms with van der Waals surface area (Å²) < 4.78 is 0. The van der Waals surface area contributed by atoms with Crippen LogP contribution in [0.3, 0.4) is 0 Å². The van der Waals surface area contributed by atoms with Gasteiger partial charge in [0.1, 0.15) is 0 Å². The Morgan fingerprint density at radius 3 is 2.45 bits per heavy atom. The fourth-order valence-corrected chi connectivity index (χ4v) is 2.59. The van der Waals surface area contributed by atoms with Gasteiger partial charge >= 0.3 is 0 Å². The minimum atomic E-state index is -0.717. The van der Waals surface area contributed by atoms with Crippen LogP contribution < -0.4 is 0 Å². The van der Waals surface area contributed by atoms with Crippen molar-refractivity contribution in [2.24, 2.45) is 0 Å². The second-order valence-corrected chi connectivity index (χ2v) is 5.51. The number of hydrogen-bond donors (Lipinski definition) is 4. The van der Waals surface area contributed by atoms with Crippen molar-refractivity contribution in [2.75, 3.05) is 19.6 Å². The Hall–Kier alpha value is -0.980. The van der Waals surface area contributed by atoms with Gasteiger partial charge in [-0.1, -0.05) is 24.3 Å². The van der Waals surface area contributed by atoms with E-state index in [1.807, 2.05) is 4.90 Å². The van der Waals surface area contributed by atoms with Gasteiger partial charge in [0.25, 0.3) is 0 Å². The molecule has 5 heteroatoms. The van der Waals surface area contributed by atoms with E-state index in [-0.39, 0.29) is 19.1 Å². The van der Waals surface area contributed by atoms with E-state index in [0.29, 0.717) is 13.1 Å². The molecule has 1 saturated heterocycles. The minimum absolute atomic E-state index is 0.0176. The van der Waals surface area contributed by atoms with E-state index in [1.165, 1.54) is 0 Å². The van der Waals surface area contributed by atoms with Crippen LogP contribution in [0.4, 0.5) is 0 Å². The average Bonchev–Trinajstić information content (AvgIpc) is 2.84. The number of aliphatic hydroxyl groups excluding tert-OH is 4. The van der Waals surface area contributed by atoms with Gasteiger partial charge in [0, 0.05) is 26.1 Å². The van der Waals surface area contributed by atoms with Crippen LogP contribution in [0.1, 0.15) is 30.1 Å². The van der Waals surface area contributed by atoms with Crippen molar-refractivity contribution in [3.05, 3.63) is 35.4 Å². The molecule has 5 nitrogen and oxygen atoms in total. The number of β-amino-alcohol motifs (C(OH)–C–C–N with tert-alkyl or cyclic N) is 2. The smallest absolute Gasteiger partial charge is 0.0815 e. The summed E-state index contributed by atoms with van der Waals surface area (Å²) in [5, 5.41) is 38.5. The first kappa shape index (κ1) is 15.4. The molecule has 1 aromatic carbocycles. The average molecular weight is 281 g/mol. The van der Waals surface area contributed by atoms with Crippen molar-refractivity contribution in [3.8, 4) is 0 Å². The molecule has 0 bridgehead atoms. The quantitative estimate of drug-likeness (QED) is 0.591. The van der Waals surface area contributed by atoms with Gasteiger partial charge in [-0.3, -0.25) is 4.90 Å². The molecule has 1 fully saturated rings. The van der Waals surface area contributed by atoms with Crippen molar-refractivity contribution in [3.63, 3.8) is 0 Å². The van der Waals surface area contributed by atoms with Gasteiger partial charge in [0.15, 0.2) is 0 Å². The zero-order chi connectivity index (χ0) is 14.5. The van der Waals surface area contributed by atoms with Gasteiger partial charge in [-0.15, -0.1) is 0 Å². The lowest BCUT2D eigenvalue weighted by Gasteiger charge is -2.21. The predicted octanol–water partition coefficient (Wildman–Crippen LogP) is 0.0299. The molecule has 0 radical (unpaired) electrons. The van der Waals surface area contributed by atoms with Crippen LogP contribution in [0.25, 0.3) is 0 Å². The van der Waals surface area contributed by atoms with Crippen molar-refractivity contribution < 1.29 is 20.4 Å². The van der Waals surface area contributed by atoms with Gasteiger partial charge in [-0.25, -0.2) is 0 Å². The molecule has 1 aliphatic heterocycles. The molecule has 0 saturated carbocycles. The monoisotopic (exact) mass is 281 g/mol. The first-order chi connectivity index (χ1) is 9.58. The van der Waals surface area contributed by atoms with Gasteiger partial charge < -0.3 is 20.4 Å². The molecule has 0 unspecified atom stereocenters. The summed E-state index contributed by atoms with van der Waals surface area (Å²) in [5.74, 6) is 0. The second-order valence-electron chi connectivity index (χ2n) is 5.51. The Balaban J connectivity index is 1.81. The normalized spacial score (nSPS) is 22.9.